The van der Waals surface area contributed by atoms with E-state index in [9.17, 15) is 57.6 Å². The molecule has 2 atom stereocenters. The van der Waals surface area contributed by atoms with Crippen LogP contribution in [0.2, 0.25) is 0 Å². The molecular formula is C48H50F6N6O12S4. The molecule has 76 heavy (non-hydrogen) atoms. The number of carbonyl (C=O) groups is 3. The van der Waals surface area contributed by atoms with E-state index < -0.39 is 79.9 Å². The Labute approximate surface area is 442 Å². The predicted octanol–water partition coefficient (Wildman–Crippen LogP) is 7.18. The minimum atomic E-state index is -4.94. The summed E-state index contributed by atoms with van der Waals surface area (Å²) in [4.78, 5) is 46.3. The number of alkyl halides is 6. The van der Waals surface area contributed by atoms with Gasteiger partial charge in [0.25, 0.3) is 0 Å². The topological polar surface area (TPSA) is 218 Å². The van der Waals surface area contributed by atoms with Crippen molar-refractivity contribution in [3.8, 4) is 11.5 Å². The van der Waals surface area contributed by atoms with Gasteiger partial charge in [0.1, 0.15) is 47.3 Å². The monoisotopic (exact) mass is 1140 g/mol. The molecule has 18 nitrogen and oxygen atoms in total. The van der Waals surface area contributed by atoms with E-state index in [1.165, 1.54) is 4.90 Å². The maximum atomic E-state index is 13.7. The van der Waals surface area contributed by atoms with E-state index in [0.29, 0.717) is 22.0 Å². The quantitative estimate of drug-likeness (QED) is 0.0504. The van der Waals surface area contributed by atoms with Crippen LogP contribution in [0.15, 0.2) is 119 Å². The standard InChI is InChI=1S/C28H30F3N3O7S2.C20H20F3N3O5S2/c1-18-23(25(36)41-27(2,3)4)42-26(32-18)33-14-15-34(22(16-33)24(35)39-17-19-8-6-5-7-9-19)43(37,38)21-12-10-20(11-13-21)40-28(29,30)31;21-20(22,23)31-15-6-8-16(9-7-15)33(28,29)26-11-10-25(19(24)32)12-17(26)18(27)30-13-14-4-2-1-3-5-14/h5-13,22H,14-17H2,1-4H3;1-9,17H,10-13H2,(H2,24,32)/t22-;17-/m11/s1. The highest BCUT2D eigenvalue weighted by atomic mass is 32.2. The molecule has 0 amide bonds. The van der Waals surface area contributed by atoms with Crippen molar-refractivity contribution in [2.75, 3.05) is 44.2 Å². The molecule has 1 aromatic heterocycles. The molecule has 2 N–H and O–H groups in total. The molecule has 7 rings (SSSR count). The fourth-order valence-corrected chi connectivity index (χ4v) is 11.7. The second-order valence-corrected chi connectivity index (χ2v) is 22.8. The Morgan fingerprint density at radius 2 is 1.08 bits per heavy atom. The number of piperazine rings is 2. The summed E-state index contributed by atoms with van der Waals surface area (Å²) in [5, 5.41) is 0.395. The summed E-state index contributed by atoms with van der Waals surface area (Å²) in [6.07, 6.45) is -9.85. The second kappa shape index (κ2) is 24.2. The number of sulfonamides is 2. The second-order valence-electron chi connectivity index (χ2n) is 17.6. The third-order valence-electron chi connectivity index (χ3n) is 10.9. The van der Waals surface area contributed by atoms with Crippen LogP contribution < -0.4 is 20.1 Å². The van der Waals surface area contributed by atoms with Gasteiger partial charge in [-0.25, -0.2) is 26.6 Å². The largest absolute Gasteiger partial charge is 0.573 e. The van der Waals surface area contributed by atoms with Gasteiger partial charge in [0.05, 0.1) is 15.5 Å². The van der Waals surface area contributed by atoms with Crippen LogP contribution in [0.4, 0.5) is 31.5 Å². The molecule has 2 aliphatic heterocycles. The van der Waals surface area contributed by atoms with Gasteiger partial charge in [-0.05, 0) is 99.6 Å². The van der Waals surface area contributed by atoms with E-state index >= 15 is 0 Å². The minimum absolute atomic E-state index is 0.00144. The summed E-state index contributed by atoms with van der Waals surface area (Å²) in [5.74, 6) is -3.34. The number of ether oxygens (including phenoxy) is 5. The van der Waals surface area contributed by atoms with E-state index in [4.69, 9.17) is 32.2 Å². The zero-order valence-electron chi connectivity index (χ0n) is 40.8. The van der Waals surface area contributed by atoms with Crippen LogP contribution in [-0.4, -0.2) is 128 Å². The Kier molecular flexibility index (Phi) is 18.7. The van der Waals surface area contributed by atoms with E-state index in [1.54, 1.807) is 93.3 Å². The summed E-state index contributed by atoms with van der Waals surface area (Å²) >= 11 is 6.02. The van der Waals surface area contributed by atoms with Crippen molar-refractivity contribution in [1.29, 1.82) is 0 Å². The number of esters is 3. The van der Waals surface area contributed by atoms with Crippen LogP contribution in [0, 0.1) is 6.92 Å². The number of nitrogens with zero attached hydrogens (tertiary/aromatic N) is 5. The highest BCUT2D eigenvalue weighted by Crippen LogP contribution is 2.33. The molecule has 28 heteroatoms. The molecule has 0 unspecified atom stereocenters. The minimum Gasteiger partial charge on any atom is -0.460 e. The molecule has 3 heterocycles. The Hall–Kier alpha value is -6.59. The van der Waals surface area contributed by atoms with Gasteiger partial charge in [-0.1, -0.05) is 72.0 Å². The summed E-state index contributed by atoms with van der Waals surface area (Å²) in [5.41, 5.74) is 6.76. The number of anilines is 1. The zero-order chi connectivity index (χ0) is 55.8. The van der Waals surface area contributed by atoms with Crippen molar-refractivity contribution in [3.63, 3.8) is 0 Å². The Balaban J connectivity index is 0.000000255. The van der Waals surface area contributed by atoms with Crippen LogP contribution in [0.3, 0.4) is 0 Å². The Morgan fingerprint density at radius 1 is 0.658 bits per heavy atom. The van der Waals surface area contributed by atoms with Crippen molar-refractivity contribution in [2.24, 2.45) is 5.73 Å². The van der Waals surface area contributed by atoms with Crippen LogP contribution in [-0.2, 0) is 57.1 Å². The molecule has 2 fully saturated rings. The normalized spacial score (nSPS) is 16.9. The number of thiazole rings is 1. The lowest BCUT2D eigenvalue weighted by molar-refractivity contribution is -0.275. The first-order valence-corrected chi connectivity index (χ1v) is 26.8. The number of hydrogen-bond donors (Lipinski definition) is 1. The van der Waals surface area contributed by atoms with Crippen LogP contribution in [0.25, 0.3) is 0 Å². The lowest BCUT2D eigenvalue weighted by Gasteiger charge is -2.39. The highest BCUT2D eigenvalue weighted by molar-refractivity contribution is 7.89. The molecule has 0 saturated carbocycles. The first kappa shape index (κ1) is 58.7. The highest BCUT2D eigenvalue weighted by Gasteiger charge is 2.44. The number of rotatable bonds is 14. The van der Waals surface area contributed by atoms with E-state index in [-0.39, 0.29) is 72.3 Å². The summed E-state index contributed by atoms with van der Waals surface area (Å²) in [6.45, 7) is 6.36. The van der Waals surface area contributed by atoms with Gasteiger partial charge >= 0.3 is 30.6 Å². The number of halogens is 6. The average molecular weight is 1150 g/mol. The van der Waals surface area contributed by atoms with Crippen molar-refractivity contribution >= 4 is 71.8 Å². The van der Waals surface area contributed by atoms with E-state index in [2.05, 4.69) is 14.5 Å². The molecule has 5 aromatic rings. The van der Waals surface area contributed by atoms with E-state index in [1.807, 2.05) is 0 Å². The fourth-order valence-electron chi connectivity index (χ4n) is 7.44. The lowest BCUT2D eigenvalue weighted by Crippen LogP contribution is -2.60. The maximum absolute atomic E-state index is 13.7. The molecule has 0 radical (unpaired) electrons. The van der Waals surface area contributed by atoms with Gasteiger partial charge in [0, 0.05) is 39.3 Å². The van der Waals surface area contributed by atoms with Gasteiger partial charge in [0.2, 0.25) is 20.0 Å². The molecule has 2 aliphatic rings. The van der Waals surface area contributed by atoms with Gasteiger partial charge in [0.15, 0.2) is 10.2 Å². The van der Waals surface area contributed by atoms with Crippen LogP contribution in [0.5, 0.6) is 11.5 Å². The van der Waals surface area contributed by atoms with Crippen LogP contribution >= 0.6 is 23.6 Å². The molecule has 2 saturated heterocycles. The first-order chi connectivity index (χ1) is 35.5. The van der Waals surface area contributed by atoms with Gasteiger partial charge < -0.3 is 39.2 Å². The molecule has 410 valence electrons. The number of aromatic nitrogens is 1. The third kappa shape index (κ3) is 16.0. The van der Waals surface area contributed by atoms with Gasteiger partial charge in [-0.2, -0.15) is 8.61 Å². The Bertz CT molecular complexity index is 3060. The molecule has 0 bridgehead atoms. The number of hydrogen-bond acceptors (Lipinski definition) is 16. The van der Waals surface area contributed by atoms with Crippen molar-refractivity contribution in [3.05, 3.63) is 131 Å². The zero-order valence-corrected chi connectivity index (χ0v) is 44.1. The first-order valence-electron chi connectivity index (χ1n) is 22.7. The number of benzene rings is 4. The van der Waals surface area contributed by atoms with Crippen molar-refractivity contribution < 1.29 is 81.2 Å². The molecule has 4 aromatic carbocycles. The van der Waals surface area contributed by atoms with Crippen molar-refractivity contribution in [2.45, 2.75) is 81.1 Å². The van der Waals surface area contributed by atoms with Crippen molar-refractivity contribution in [1.82, 2.24) is 18.5 Å². The van der Waals surface area contributed by atoms with Gasteiger partial charge in [-0.3, -0.25) is 9.59 Å². The predicted molar refractivity (Wildman–Crippen MR) is 267 cm³/mol. The van der Waals surface area contributed by atoms with Crippen LogP contribution in [0.1, 0.15) is 47.3 Å². The summed E-state index contributed by atoms with van der Waals surface area (Å²) in [6, 6.07) is 22.5. The Morgan fingerprint density at radius 3 is 1.49 bits per heavy atom. The lowest BCUT2D eigenvalue weighted by atomic mass is 10.2. The number of nitrogens with two attached hydrogens (primary N) is 1. The average Bonchev–Trinajstić information content (AvgIpc) is 3.76. The third-order valence-corrected chi connectivity index (χ3v) is 16.2. The van der Waals surface area contributed by atoms with E-state index in [0.717, 1.165) is 68.5 Å². The summed E-state index contributed by atoms with van der Waals surface area (Å²) in [7, 11) is -8.63. The number of thiocarbonyl (C=S) groups is 1. The maximum Gasteiger partial charge on any atom is 0.573 e. The number of carbonyl (C=O) groups excluding carboxylic acids is 3. The summed E-state index contributed by atoms with van der Waals surface area (Å²) < 4.78 is 154. The molecule has 0 aliphatic carbocycles. The molecule has 0 spiro atoms. The number of aryl methyl sites for hydroxylation is 1. The smallest absolute Gasteiger partial charge is 0.460 e. The SMILES string of the molecule is Cc1nc(N2CCN(S(=O)(=O)c3ccc(OC(F)(F)F)cc3)[C@@H](C(=O)OCc3ccccc3)C2)sc1C(=O)OC(C)(C)C.NC(=S)N1CCN(S(=O)(=O)c2ccc(OC(F)(F)F)cc2)[C@@H](C(=O)OCc2ccccc2)C1. The molecular weight excluding hydrogens is 1090 g/mol. The fraction of sp³-hybridized carbons (Fsp3) is 0.354. The van der Waals surface area contributed by atoms with Gasteiger partial charge in [-0.15, -0.1) is 26.3 Å².